The van der Waals surface area contributed by atoms with Gasteiger partial charge in [-0.2, -0.15) is 0 Å². The number of halogens is 1. The molecule has 6 heteroatoms. The second kappa shape index (κ2) is 8.07. The van der Waals surface area contributed by atoms with Crippen LogP contribution in [0.2, 0.25) is 0 Å². The number of hydrogen-bond acceptors (Lipinski definition) is 5. The van der Waals surface area contributed by atoms with E-state index in [4.69, 9.17) is 0 Å². The fourth-order valence-electron chi connectivity index (χ4n) is 3.01. The fourth-order valence-corrected chi connectivity index (χ4v) is 3.01. The highest BCUT2D eigenvalue weighted by Gasteiger charge is 2.18. The second-order valence-electron chi connectivity index (χ2n) is 6.24. The lowest BCUT2D eigenvalue weighted by Gasteiger charge is -2.35. The smallest absolute Gasteiger partial charge is 0.162 e. The van der Waals surface area contributed by atoms with Crippen molar-refractivity contribution in [2.24, 2.45) is 0 Å². The third-order valence-electron chi connectivity index (χ3n) is 4.47. The Balaban J connectivity index is 1.40. The number of ketones is 1. The number of nitrogens with zero attached hydrogens (tertiary/aromatic N) is 3. The lowest BCUT2D eigenvalue weighted by atomic mass is 10.1. The second-order valence-corrected chi connectivity index (χ2v) is 6.24. The highest BCUT2D eigenvalue weighted by Crippen LogP contribution is 2.16. The van der Waals surface area contributed by atoms with Gasteiger partial charge >= 0.3 is 0 Å². The van der Waals surface area contributed by atoms with E-state index >= 15 is 0 Å². The maximum Gasteiger partial charge on any atom is 0.162 e. The number of aromatic hydroxyl groups is 1. The first kappa shape index (κ1) is 17.4. The third-order valence-corrected chi connectivity index (χ3v) is 4.47. The van der Waals surface area contributed by atoms with Crippen molar-refractivity contribution in [1.82, 2.24) is 9.88 Å². The number of anilines is 1. The molecule has 2 heterocycles. The van der Waals surface area contributed by atoms with Gasteiger partial charge in [0.2, 0.25) is 0 Å². The number of benzene rings is 1. The average molecular weight is 343 g/mol. The maximum absolute atomic E-state index is 12.9. The lowest BCUT2D eigenvalue weighted by Crippen LogP contribution is -2.46. The molecule has 0 saturated carbocycles. The van der Waals surface area contributed by atoms with Crippen LogP contribution < -0.4 is 4.90 Å². The zero-order valence-corrected chi connectivity index (χ0v) is 14.1. The molecule has 1 aliphatic heterocycles. The van der Waals surface area contributed by atoms with E-state index in [1.165, 1.54) is 18.3 Å². The van der Waals surface area contributed by atoms with Gasteiger partial charge in [0.15, 0.2) is 5.78 Å². The van der Waals surface area contributed by atoms with Crippen molar-refractivity contribution in [3.8, 4) is 5.75 Å². The number of carbonyl (C=O) groups excluding carboxylic acids is 1. The maximum atomic E-state index is 12.9. The zero-order chi connectivity index (χ0) is 17.6. The molecule has 1 N–H and O–H groups in total. The summed E-state index contributed by atoms with van der Waals surface area (Å²) < 4.78 is 12.9. The monoisotopic (exact) mass is 343 g/mol. The van der Waals surface area contributed by atoms with Crippen molar-refractivity contribution in [3.63, 3.8) is 0 Å². The summed E-state index contributed by atoms with van der Waals surface area (Å²) in [5.41, 5.74) is 0.574. The van der Waals surface area contributed by atoms with Gasteiger partial charge in [-0.1, -0.05) is 0 Å². The molecule has 0 atom stereocenters. The van der Waals surface area contributed by atoms with Crippen LogP contribution in [0.1, 0.15) is 23.2 Å². The van der Waals surface area contributed by atoms with Crippen LogP contribution in [0.15, 0.2) is 42.6 Å². The molecule has 2 aromatic rings. The van der Waals surface area contributed by atoms with Crippen molar-refractivity contribution in [3.05, 3.63) is 54.0 Å². The van der Waals surface area contributed by atoms with Gasteiger partial charge < -0.3 is 10.0 Å². The summed E-state index contributed by atoms with van der Waals surface area (Å²) >= 11 is 0. The van der Waals surface area contributed by atoms with Crippen LogP contribution >= 0.6 is 0 Å². The average Bonchev–Trinajstić information content (AvgIpc) is 2.63. The lowest BCUT2D eigenvalue weighted by molar-refractivity contribution is 0.0974. The van der Waals surface area contributed by atoms with E-state index in [1.54, 1.807) is 18.2 Å². The molecule has 0 unspecified atom stereocenters. The molecular weight excluding hydrogens is 321 g/mol. The standard InChI is InChI=1S/C19H22FN3O2/c20-16-5-3-15(4-6-16)18(25)2-1-9-22-10-12-23(13-11-22)19-8-7-17(24)14-21-19/h3-8,14,24H,1-2,9-13H2. The molecule has 1 saturated heterocycles. The van der Waals surface area contributed by atoms with Crippen LogP contribution in [-0.4, -0.2) is 53.5 Å². The van der Waals surface area contributed by atoms with Gasteiger partial charge in [0, 0.05) is 38.2 Å². The molecule has 1 fully saturated rings. The Morgan fingerprint density at radius 1 is 1.08 bits per heavy atom. The number of carbonyl (C=O) groups is 1. The number of piperazine rings is 1. The Labute approximate surface area is 146 Å². The quantitative estimate of drug-likeness (QED) is 0.818. The summed E-state index contributed by atoms with van der Waals surface area (Å²) in [5, 5.41) is 9.30. The van der Waals surface area contributed by atoms with Crippen LogP contribution in [0.5, 0.6) is 5.75 Å². The van der Waals surface area contributed by atoms with Gasteiger partial charge in [-0.15, -0.1) is 0 Å². The van der Waals surface area contributed by atoms with Crippen molar-refractivity contribution in [1.29, 1.82) is 0 Å². The molecule has 0 spiro atoms. The molecule has 132 valence electrons. The number of pyridine rings is 1. The Morgan fingerprint density at radius 3 is 2.44 bits per heavy atom. The SMILES string of the molecule is O=C(CCCN1CCN(c2ccc(O)cn2)CC1)c1ccc(F)cc1. The summed E-state index contributed by atoms with van der Waals surface area (Å²) in [5.74, 6) is 0.793. The predicted octanol–water partition coefficient (Wildman–Crippen LogP) is 2.71. The predicted molar refractivity (Wildman–Crippen MR) is 94.5 cm³/mol. The van der Waals surface area contributed by atoms with Crippen LogP contribution in [0.25, 0.3) is 0 Å². The van der Waals surface area contributed by atoms with Gasteiger partial charge in [0.25, 0.3) is 0 Å². The van der Waals surface area contributed by atoms with E-state index in [0.29, 0.717) is 12.0 Å². The van der Waals surface area contributed by atoms with Crippen LogP contribution in [0.3, 0.4) is 0 Å². The molecule has 0 aliphatic carbocycles. The number of rotatable bonds is 6. The Morgan fingerprint density at radius 2 is 1.80 bits per heavy atom. The van der Waals surface area contributed by atoms with Crippen molar-refractivity contribution in [2.45, 2.75) is 12.8 Å². The van der Waals surface area contributed by atoms with Gasteiger partial charge in [-0.3, -0.25) is 9.69 Å². The first-order chi connectivity index (χ1) is 12.1. The van der Waals surface area contributed by atoms with Crippen LogP contribution in [0, 0.1) is 5.82 Å². The normalized spacial score (nSPS) is 15.3. The van der Waals surface area contributed by atoms with E-state index in [1.807, 2.05) is 6.07 Å². The van der Waals surface area contributed by atoms with Crippen LogP contribution in [-0.2, 0) is 0 Å². The van der Waals surface area contributed by atoms with E-state index in [9.17, 15) is 14.3 Å². The molecule has 25 heavy (non-hydrogen) atoms. The van der Waals surface area contributed by atoms with Crippen LogP contribution in [0.4, 0.5) is 10.2 Å². The van der Waals surface area contributed by atoms with E-state index in [2.05, 4.69) is 14.8 Å². The number of Topliss-reactive ketones (excluding diaryl/α,β-unsaturated/α-hetero) is 1. The number of aromatic nitrogens is 1. The van der Waals surface area contributed by atoms with Gasteiger partial charge in [0.1, 0.15) is 17.4 Å². The summed E-state index contributed by atoms with van der Waals surface area (Å²) in [6, 6.07) is 9.21. The topological polar surface area (TPSA) is 56.7 Å². The van der Waals surface area contributed by atoms with Gasteiger partial charge in [-0.25, -0.2) is 9.37 Å². The molecule has 0 bridgehead atoms. The van der Waals surface area contributed by atoms with Crippen molar-refractivity contribution < 1.29 is 14.3 Å². The van der Waals surface area contributed by atoms with E-state index in [0.717, 1.165) is 45.0 Å². The zero-order valence-electron chi connectivity index (χ0n) is 14.1. The summed E-state index contributed by atoms with van der Waals surface area (Å²) in [7, 11) is 0. The molecule has 5 nitrogen and oxygen atoms in total. The molecule has 0 amide bonds. The summed E-state index contributed by atoms with van der Waals surface area (Å²) in [6.07, 6.45) is 2.74. The molecule has 1 aromatic carbocycles. The van der Waals surface area contributed by atoms with Crippen molar-refractivity contribution >= 4 is 11.6 Å². The van der Waals surface area contributed by atoms with E-state index in [-0.39, 0.29) is 17.3 Å². The van der Waals surface area contributed by atoms with E-state index < -0.39 is 0 Å². The third kappa shape index (κ3) is 4.76. The minimum Gasteiger partial charge on any atom is -0.506 e. The van der Waals surface area contributed by atoms with Gasteiger partial charge in [-0.05, 0) is 49.4 Å². The summed E-state index contributed by atoms with van der Waals surface area (Å²) in [6.45, 7) is 4.48. The highest BCUT2D eigenvalue weighted by atomic mass is 19.1. The Bertz CT molecular complexity index is 696. The largest absolute Gasteiger partial charge is 0.506 e. The number of hydrogen-bond donors (Lipinski definition) is 1. The summed E-state index contributed by atoms with van der Waals surface area (Å²) in [4.78, 5) is 20.9. The molecule has 1 aliphatic rings. The molecular formula is C19H22FN3O2. The first-order valence-electron chi connectivity index (χ1n) is 8.53. The molecule has 0 radical (unpaired) electrons. The fraction of sp³-hybridized carbons (Fsp3) is 0.368. The minimum atomic E-state index is -0.322. The molecule has 1 aromatic heterocycles. The molecule has 3 rings (SSSR count). The van der Waals surface area contributed by atoms with Gasteiger partial charge in [0.05, 0.1) is 6.20 Å². The minimum absolute atomic E-state index is 0.0620. The first-order valence-corrected chi connectivity index (χ1v) is 8.53. The highest BCUT2D eigenvalue weighted by molar-refractivity contribution is 5.95. The van der Waals surface area contributed by atoms with Crippen molar-refractivity contribution in [2.75, 3.05) is 37.6 Å². The Hall–Kier alpha value is -2.47. The Kier molecular flexibility index (Phi) is 5.60.